The zero-order valence-corrected chi connectivity index (χ0v) is 13.7. The summed E-state index contributed by atoms with van der Waals surface area (Å²) >= 11 is 6.09. The molecular weight excluding hydrogens is 298 g/mol. The molecule has 1 fully saturated rings. The van der Waals surface area contributed by atoms with E-state index in [9.17, 15) is 4.79 Å². The fraction of sp³-hybridized carbons (Fsp3) is 0.412. The summed E-state index contributed by atoms with van der Waals surface area (Å²) in [5, 5.41) is 5.26. The summed E-state index contributed by atoms with van der Waals surface area (Å²) in [4.78, 5) is 14.7. The average Bonchev–Trinajstić information content (AvgIpc) is 3.14. The summed E-state index contributed by atoms with van der Waals surface area (Å²) in [6.45, 7) is 5.66. The minimum atomic E-state index is 0.111. The van der Waals surface area contributed by atoms with E-state index in [1.807, 2.05) is 40.8 Å². The first-order chi connectivity index (χ1) is 10.6. The average molecular weight is 318 g/mol. The summed E-state index contributed by atoms with van der Waals surface area (Å²) in [7, 11) is 0. The van der Waals surface area contributed by atoms with Crippen molar-refractivity contribution in [1.82, 2.24) is 14.7 Å². The van der Waals surface area contributed by atoms with Crippen molar-refractivity contribution >= 4 is 17.5 Å². The number of hydrogen-bond acceptors (Lipinski definition) is 2. The Kier molecular flexibility index (Phi) is 4.21. The highest BCUT2D eigenvalue weighted by Gasteiger charge is 2.27. The van der Waals surface area contributed by atoms with Crippen LogP contribution in [-0.4, -0.2) is 33.7 Å². The molecule has 116 valence electrons. The van der Waals surface area contributed by atoms with Gasteiger partial charge in [0.1, 0.15) is 0 Å². The Morgan fingerprint density at radius 3 is 2.68 bits per heavy atom. The molecule has 0 radical (unpaired) electrons. The molecule has 0 bridgehead atoms. The Labute approximate surface area is 135 Å². The van der Waals surface area contributed by atoms with Crippen LogP contribution in [0.2, 0.25) is 5.02 Å². The SMILES string of the molecule is CCc1c(C(=O)N2CCCC2)c(C)nn1-c1cccc(Cl)c1. The lowest BCUT2D eigenvalue weighted by Crippen LogP contribution is -2.28. The van der Waals surface area contributed by atoms with E-state index in [1.165, 1.54) is 0 Å². The van der Waals surface area contributed by atoms with Crippen LogP contribution in [-0.2, 0) is 6.42 Å². The van der Waals surface area contributed by atoms with Gasteiger partial charge in [-0.1, -0.05) is 24.6 Å². The molecule has 0 N–H and O–H groups in total. The quantitative estimate of drug-likeness (QED) is 0.867. The third kappa shape index (κ3) is 2.63. The largest absolute Gasteiger partial charge is 0.339 e. The highest BCUT2D eigenvalue weighted by atomic mass is 35.5. The first kappa shape index (κ1) is 15.1. The highest BCUT2D eigenvalue weighted by molar-refractivity contribution is 6.30. The van der Waals surface area contributed by atoms with E-state index >= 15 is 0 Å². The minimum absolute atomic E-state index is 0.111. The van der Waals surface area contributed by atoms with Gasteiger partial charge in [-0.15, -0.1) is 0 Å². The molecule has 1 aromatic carbocycles. The summed E-state index contributed by atoms with van der Waals surface area (Å²) in [6.07, 6.45) is 2.94. The molecule has 1 aliphatic rings. The first-order valence-corrected chi connectivity index (χ1v) is 8.13. The van der Waals surface area contributed by atoms with Crippen LogP contribution in [0, 0.1) is 6.92 Å². The van der Waals surface area contributed by atoms with Crippen molar-refractivity contribution in [3.8, 4) is 5.69 Å². The van der Waals surface area contributed by atoms with Crippen LogP contribution in [0.5, 0.6) is 0 Å². The first-order valence-electron chi connectivity index (χ1n) is 7.75. The molecule has 22 heavy (non-hydrogen) atoms. The molecule has 2 aromatic rings. The number of aromatic nitrogens is 2. The maximum absolute atomic E-state index is 12.8. The van der Waals surface area contributed by atoms with Crippen molar-refractivity contribution in [3.63, 3.8) is 0 Å². The van der Waals surface area contributed by atoms with E-state index in [2.05, 4.69) is 12.0 Å². The van der Waals surface area contributed by atoms with Crippen LogP contribution in [0.15, 0.2) is 24.3 Å². The standard InChI is InChI=1S/C17H20ClN3O/c1-3-15-16(17(22)20-9-4-5-10-20)12(2)19-21(15)14-8-6-7-13(18)11-14/h6-8,11H,3-5,9-10H2,1-2H3. The Hall–Kier alpha value is -1.81. The lowest BCUT2D eigenvalue weighted by Gasteiger charge is -2.16. The zero-order chi connectivity index (χ0) is 15.7. The van der Waals surface area contributed by atoms with E-state index in [4.69, 9.17) is 11.6 Å². The third-order valence-corrected chi connectivity index (χ3v) is 4.39. The van der Waals surface area contributed by atoms with E-state index in [-0.39, 0.29) is 5.91 Å². The maximum atomic E-state index is 12.8. The van der Waals surface area contributed by atoms with Gasteiger partial charge in [0.25, 0.3) is 5.91 Å². The number of rotatable bonds is 3. The summed E-state index contributed by atoms with van der Waals surface area (Å²) in [5.74, 6) is 0.111. The maximum Gasteiger partial charge on any atom is 0.257 e. The fourth-order valence-corrected chi connectivity index (χ4v) is 3.26. The van der Waals surface area contributed by atoms with E-state index in [1.54, 1.807) is 0 Å². The van der Waals surface area contributed by atoms with Crippen LogP contribution in [0.25, 0.3) is 5.69 Å². The second-order valence-electron chi connectivity index (χ2n) is 5.65. The Morgan fingerprint density at radius 1 is 1.32 bits per heavy atom. The molecule has 0 unspecified atom stereocenters. The second-order valence-corrected chi connectivity index (χ2v) is 6.09. The Bertz CT molecular complexity index is 702. The van der Waals surface area contributed by atoms with Gasteiger partial charge in [0.2, 0.25) is 0 Å². The van der Waals surface area contributed by atoms with E-state index in [0.717, 1.165) is 55.0 Å². The lowest BCUT2D eigenvalue weighted by molar-refractivity contribution is 0.0791. The van der Waals surface area contributed by atoms with Crippen molar-refractivity contribution in [2.24, 2.45) is 0 Å². The van der Waals surface area contributed by atoms with Gasteiger partial charge in [0.15, 0.2) is 0 Å². The molecule has 1 amide bonds. The van der Waals surface area contributed by atoms with Crippen molar-refractivity contribution < 1.29 is 4.79 Å². The van der Waals surface area contributed by atoms with Crippen molar-refractivity contribution in [1.29, 1.82) is 0 Å². The number of carbonyl (C=O) groups is 1. The second kappa shape index (κ2) is 6.13. The van der Waals surface area contributed by atoms with Gasteiger partial charge in [-0.3, -0.25) is 4.79 Å². The molecule has 2 heterocycles. The Balaban J connectivity index is 2.06. The number of aryl methyl sites for hydroxylation is 1. The highest BCUT2D eigenvalue weighted by Crippen LogP contribution is 2.24. The molecule has 0 atom stereocenters. The normalized spacial score (nSPS) is 14.6. The lowest BCUT2D eigenvalue weighted by atomic mass is 10.1. The number of amides is 1. The van der Waals surface area contributed by atoms with Gasteiger partial charge in [-0.2, -0.15) is 5.10 Å². The number of benzene rings is 1. The monoisotopic (exact) mass is 317 g/mol. The van der Waals surface area contributed by atoms with Gasteiger partial charge < -0.3 is 4.90 Å². The van der Waals surface area contributed by atoms with E-state index < -0.39 is 0 Å². The number of hydrogen-bond donors (Lipinski definition) is 0. The summed E-state index contributed by atoms with van der Waals surface area (Å²) < 4.78 is 1.85. The van der Waals surface area contributed by atoms with Crippen molar-refractivity contribution in [2.75, 3.05) is 13.1 Å². The number of carbonyl (C=O) groups excluding carboxylic acids is 1. The number of halogens is 1. The van der Waals surface area contributed by atoms with Crippen LogP contribution >= 0.6 is 11.6 Å². The molecular formula is C17H20ClN3O. The molecule has 0 spiro atoms. The van der Waals surface area contributed by atoms with Gasteiger partial charge in [0, 0.05) is 18.1 Å². The van der Waals surface area contributed by atoms with Gasteiger partial charge in [0.05, 0.1) is 22.6 Å². The smallest absolute Gasteiger partial charge is 0.257 e. The zero-order valence-electron chi connectivity index (χ0n) is 13.0. The van der Waals surface area contributed by atoms with Crippen LogP contribution < -0.4 is 0 Å². The summed E-state index contributed by atoms with van der Waals surface area (Å²) in [6, 6.07) is 7.57. The molecule has 5 heteroatoms. The van der Waals surface area contributed by atoms with Gasteiger partial charge in [-0.05, 0) is 44.4 Å². The van der Waals surface area contributed by atoms with Gasteiger partial charge >= 0.3 is 0 Å². The van der Waals surface area contributed by atoms with Crippen molar-refractivity contribution in [3.05, 3.63) is 46.2 Å². The van der Waals surface area contributed by atoms with Crippen LogP contribution in [0.4, 0.5) is 0 Å². The fourth-order valence-electron chi connectivity index (χ4n) is 3.08. The Morgan fingerprint density at radius 2 is 2.05 bits per heavy atom. The van der Waals surface area contributed by atoms with Crippen molar-refractivity contribution in [2.45, 2.75) is 33.1 Å². The number of nitrogens with zero attached hydrogens (tertiary/aromatic N) is 3. The minimum Gasteiger partial charge on any atom is -0.339 e. The third-order valence-electron chi connectivity index (χ3n) is 4.15. The molecule has 1 aliphatic heterocycles. The summed E-state index contributed by atoms with van der Waals surface area (Å²) in [5.41, 5.74) is 3.39. The van der Waals surface area contributed by atoms with Gasteiger partial charge in [-0.25, -0.2) is 4.68 Å². The topological polar surface area (TPSA) is 38.1 Å². The molecule has 4 nitrogen and oxygen atoms in total. The predicted molar refractivity (Wildman–Crippen MR) is 87.8 cm³/mol. The van der Waals surface area contributed by atoms with Crippen LogP contribution in [0.3, 0.4) is 0 Å². The molecule has 0 saturated carbocycles. The van der Waals surface area contributed by atoms with E-state index in [0.29, 0.717) is 5.02 Å². The number of likely N-dealkylation sites (tertiary alicyclic amines) is 1. The molecule has 3 rings (SSSR count). The van der Waals surface area contributed by atoms with Crippen LogP contribution in [0.1, 0.15) is 41.5 Å². The molecule has 1 aromatic heterocycles. The predicted octanol–water partition coefficient (Wildman–Crippen LogP) is 3.63. The molecule has 1 saturated heterocycles. The molecule has 0 aliphatic carbocycles.